The van der Waals surface area contributed by atoms with Crippen molar-refractivity contribution in [3.05, 3.63) is 47.3 Å². The molecule has 3 nitrogen and oxygen atoms in total. The molecule has 0 amide bonds. The molecule has 1 atom stereocenters. The summed E-state index contributed by atoms with van der Waals surface area (Å²) in [6.45, 7) is 3.87. The first kappa shape index (κ1) is 13.8. The van der Waals surface area contributed by atoms with Gasteiger partial charge in [0.2, 0.25) is 0 Å². The largest absolute Gasteiger partial charge is 0.376 e. The van der Waals surface area contributed by atoms with Crippen molar-refractivity contribution in [2.24, 2.45) is 0 Å². The normalized spacial score (nSPS) is 19.1. The van der Waals surface area contributed by atoms with Crippen LogP contribution in [0.2, 0.25) is 0 Å². The average Bonchev–Trinajstić information content (AvgIpc) is 2.98. The summed E-state index contributed by atoms with van der Waals surface area (Å²) < 4.78 is 11.0. The maximum absolute atomic E-state index is 5.61. The highest BCUT2D eigenvalue weighted by atomic mass is 32.1. The first-order chi connectivity index (χ1) is 9.92. The molecule has 1 aromatic heterocycles. The van der Waals surface area contributed by atoms with Crippen LogP contribution in [0.4, 0.5) is 0 Å². The third kappa shape index (κ3) is 3.67. The van der Waals surface area contributed by atoms with Crippen LogP contribution in [-0.4, -0.2) is 32.5 Å². The predicted octanol–water partition coefficient (Wildman–Crippen LogP) is 2.92. The molecular formula is C16H19NO2S. The highest BCUT2D eigenvalue weighted by Gasteiger charge is 2.13. The Balaban J connectivity index is 1.50. The van der Waals surface area contributed by atoms with E-state index >= 15 is 0 Å². The molecule has 1 saturated heterocycles. The quantitative estimate of drug-likeness (QED) is 0.918. The lowest BCUT2D eigenvalue weighted by Gasteiger charge is -2.23. The zero-order valence-corrected chi connectivity index (χ0v) is 12.2. The fourth-order valence-electron chi connectivity index (χ4n) is 2.24. The molecular weight excluding hydrogens is 270 g/mol. The second kappa shape index (κ2) is 6.99. The lowest BCUT2D eigenvalue weighted by molar-refractivity contribution is -0.0864. The van der Waals surface area contributed by atoms with Gasteiger partial charge >= 0.3 is 0 Å². The van der Waals surface area contributed by atoms with Gasteiger partial charge < -0.3 is 14.8 Å². The lowest BCUT2D eigenvalue weighted by atomic mass is 10.2. The molecule has 0 aliphatic carbocycles. The van der Waals surface area contributed by atoms with Crippen molar-refractivity contribution in [1.29, 1.82) is 0 Å². The molecule has 1 fully saturated rings. The molecule has 1 aliphatic rings. The highest BCUT2D eigenvalue weighted by molar-refractivity contribution is 7.15. The zero-order chi connectivity index (χ0) is 13.6. The summed E-state index contributed by atoms with van der Waals surface area (Å²) in [5.74, 6) is 0. The van der Waals surface area contributed by atoms with E-state index in [1.807, 2.05) is 17.4 Å². The minimum Gasteiger partial charge on any atom is -0.376 e. The highest BCUT2D eigenvalue weighted by Crippen LogP contribution is 2.27. The van der Waals surface area contributed by atoms with Crippen LogP contribution in [0.1, 0.15) is 4.88 Å². The molecule has 1 unspecified atom stereocenters. The number of hydrogen-bond acceptors (Lipinski definition) is 4. The molecule has 20 heavy (non-hydrogen) atoms. The minimum absolute atomic E-state index is 0.192. The van der Waals surface area contributed by atoms with E-state index in [4.69, 9.17) is 9.47 Å². The number of nitrogens with one attached hydrogen (secondary N) is 1. The van der Waals surface area contributed by atoms with E-state index in [2.05, 4.69) is 41.7 Å². The molecule has 0 spiro atoms. The molecule has 0 saturated carbocycles. The van der Waals surface area contributed by atoms with Gasteiger partial charge in [0.15, 0.2) is 0 Å². The van der Waals surface area contributed by atoms with Crippen LogP contribution >= 0.6 is 11.3 Å². The van der Waals surface area contributed by atoms with Crippen LogP contribution in [0.25, 0.3) is 10.4 Å². The minimum atomic E-state index is 0.192. The Morgan fingerprint density at radius 1 is 1.10 bits per heavy atom. The van der Waals surface area contributed by atoms with Gasteiger partial charge in [-0.25, -0.2) is 0 Å². The zero-order valence-electron chi connectivity index (χ0n) is 11.4. The fraction of sp³-hybridized carbons (Fsp3) is 0.375. The first-order valence-electron chi connectivity index (χ1n) is 6.96. The fourth-order valence-corrected chi connectivity index (χ4v) is 3.22. The maximum Gasteiger partial charge on any atom is 0.0933 e. The van der Waals surface area contributed by atoms with Gasteiger partial charge in [-0.1, -0.05) is 30.3 Å². The van der Waals surface area contributed by atoms with Gasteiger partial charge in [0.25, 0.3) is 0 Å². The van der Waals surface area contributed by atoms with E-state index in [0.29, 0.717) is 13.2 Å². The number of rotatable bonds is 5. The number of ether oxygens (including phenoxy) is 2. The summed E-state index contributed by atoms with van der Waals surface area (Å²) in [6, 6.07) is 14.9. The topological polar surface area (TPSA) is 30.5 Å². The number of thiophene rings is 1. The Hall–Kier alpha value is -1.20. The van der Waals surface area contributed by atoms with Crippen molar-refractivity contribution in [1.82, 2.24) is 5.32 Å². The van der Waals surface area contributed by atoms with Crippen molar-refractivity contribution < 1.29 is 9.47 Å². The molecule has 1 aliphatic heterocycles. The maximum atomic E-state index is 5.61. The van der Waals surface area contributed by atoms with E-state index in [1.54, 1.807) is 0 Å². The number of benzene rings is 1. The van der Waals surface area contributed by atoms with E-state index in [-0.39, 0.29) is 6.10 Å². The van der Waals surface area contributed by atoms with Crippen LogP contribution in [0.5, 0.6) is 0 Å². The summed E-state index contributed by atoms with van der Waals surface area (Å²) in [5.41, 5.74) is 1.28. The van der Waals surface area contributed by atoms with E-state index in [1.165, 1.54) is 15.3 Å². The first-order valence-corrected chi connectivity index (χ1v) is 7.77. The van der Waals surface area contributed by atoms with E-state index in [0.717, 1.165) is 19.7 Å². The van der Waals surface area contributed by atoms with Gasteiger partial charge in [-0.3, -0.25) is 0 Å². The van der Waals surface area contributed by atoms with Gasteiger partial charge in [0.05, 0.1) is 25.9 Å². The third-order valence-corrected chi connectivity index (χ3v) is 4.41. The van der Waals surface area contributed by atoms with Gasteiger partial charge in [-0.2, -0.15) is 0 Å². The Labute approximate surface area is 123 Å². The molecule has 2 aromatic rings. The molecule has 1 N–H and O–H groups in total. The van der Waals surface area contributed by atoms with Gasteiger partial charge in [-0.05, 0) is 17.7 Å². The SMILES string of the molecule is c1ccc(-c2ccc(CNCC3COCCO3)s2)cc1. The standard InChI is InChI=1S/C16H19NO2S/c1-2-4-13(5-3-1)16-7-6-15(20-16)11-17-10-14-12-18-8-9-19-14/h1-7,14,17H,8-12H2. The van der Waals surface area contributed by atoms with Crippen molar-refractivity contribution in [2.45, 2.75) is 12.6 Å². The second-order valence-corrected chi connectivity index (χ2v) is 6.00. The summed E-state index contributed by atoms with van der Waals surface area (Å²) in [7, 11) is 0. The molecule has 3 rings (SSSR count). The van der Waals surface area contributed by atoms with Crippen molar-refractivity contribution in [3.63, 3.8) is 0 Å². The van der Waals surface area contributed by atoms with Gasteiger partial charge in [0.1, 0.15) is 0 Å². The third-order valence-electron chi connectivity index (χ3n) is 3.28. The Morgan fingerprint density at radius 2 is 2.00 bits per heavy atom. The molecule has 106 valence electrons. The number of hydrogen-bond donors (Lipinski definition) is 1. The average molecular weight is 289 g/mol. The monoisotopic (exact) mass is 289 g/mol. The van der Waals surface area contributed by atoms with E-state index in [9.17, 15) is 0 Å². The molecule has 0 radical (unpaired) electrons. The molecule has 4 heteroatoms. The summed E-state index contributed by atoms with van der Waals surface area (Å²) in [5, 5.41) is 3.44. The van der Waals surface area contributed by atoms with Gasteiger partial charge in [-0.15, -0.1) is 11.3 Å². The summed E-state index contributed by atoms with van der Waals surface area (Å²) >= 11 is 1.84. The molecule has 1 aromatic carbocycles. The van der Waals surface area contributed by atoms with Crippen molar-refractivity contribution >= 4 is 11.3 Å². The summed E-state index contributed by atoms with van der Waals surface area (Å²) in [6.07, 6.45) is 0.192. The van der Waals surface area contributed by atoms with Crippen LogP contribution in [-0.2, 0) is 16.0 Å². The Morgan fingerprint density at radius 3 is 2.80 bits per heavy atom. The summed E-state index contributed by atoms with van der Waals surface area (Å²) in [4.78, 5) is 2.67. The van der Waals surface area contributed by atoms with E-state index < -0.39 is 0 Å². The van der Waals surface area contributed by atoms with Crippen LogP contribution in [0.15, 0.2) is 42.5 Å². The second-order valence-electron chi connectivity index (χ2n) is 4.83. The Bertz CT molecular complexity index is 520. The van der Waals surface area contributed by atoms with Gasteiger partial charge in [0, 0.05) is 22.8 Å². The Kier molecular flexibility index (Phi) is 4.82. The smallest absolute Gasteiger partial charge is 0.0933 e. The van der Waals surface area contributed by atoms with Crippen LogP contribution < -0.4 is 5.32 Å². The molecule has 0 bridgehead atoms. The predicted molar refractivity (Wildman–Crippen MR) is 82.0 cm³/mol. The van der Waals surface area contributed by atoms with Crippen molar-refractivity contribution in [3.8, 4) is 10.4 Å². The van der Waals surface area contributed by atoms with Crippen molar-refractivity contribution in [2.75, 3.05) is 26.4 Å². The van der Waals surface area contributed by atoms with Crippen LogP contribution in [0.3, 0.4) is 0 Å². The lowest BCUT2D eigenvalue weighted by Crippen LogP contribution is -2.37. The van der Waals surface area contributed by atoms with Crippen LogP contribution in [0, 0.1) is 0 Å². The molecule has 2 heterocycles.